The number of carbonyl (C=O) groups excluding carboxylic acids is 1. The molecule has 0 amide bonds. The molecule has 0 aromatic heterocycles. The van der Waals surface area contributed by atoms with E-state index in [0.717, 1.165) is 5.56 Å². The van der Waals surface area contributed by atoms with E-state index >= 15 is 0 Å². The van der Waals surface area contributed by atoms with Crippen molar-refractivity contribution in [3.05, 3.63) is 35.1 Å². The largest absolute Gasteiger partial charge is 0.454 e. The molecule has 0 N–H and O–H groups in total. The number of benzene rings is 1. The molecule has 0 aliphatic carbocycles. The van der Waals surface area contributed by atoms with E-state index in [1.165, 1.54) is 12.1 Å². The van der Waals surface area contributed by atoms with Gasteiger partial charge < -0.3 is 4.74 Å². The Morgan fingerprint density at radius 3 is 3.00 bits per heavy atom. The van der Waals surface area contributed by atoms with Gasteiger partial charge in [0.15, 0.2) is 0 Å². The third-order valence-electron chi connectivity index (χ3n) is 1.96. The van der Waals surface area contributed by atoms with Gasteiger partial charge in [0.2, 0.25) is 0 Å². The zero-order valence-electron chi connectivity index (χ0n) is 6.50. The molecule has 1 aromatic rings. The normalized spacial score (nSPS) is 20.5. The maximum atomic E-state index is 12.7. The number of fused-ring (bicyclic) bond motifs is 1. The lowest BCUT2D eigenvalue weighted by atomic mass is 10.1. The lowest BCUT2D eigenvalue weighted by Crippen LogP contribution is -1.94. The molecule has 0 spiro atoms. The summed E-state index contributed by atoms with van der Waals surface area (Å²) in [6, 6.07) is 4.12. The van der Waals surface area contributed by atoms with Crippen LogP contribution in [-0.4, -0.2) is 5.97 Å². The number of esters is 1. The van der Waals surface area contributed by atoms with Crippen LogP contribution in [0.4, 0.5) is 4.39 Å². The smallest absolute Gasteiger partial charge is 0.339 e. The highest BCUT2D eigenvalue weighted by Gasteiger charge is 2.27. The van der Waals surface area contributed by atoms with Crippen LogP contribution in [0.5, 0.6) is 0 Å². The Hall–Kier alpha value is -1.38. The van der Waals surface area contributed by atoms with Crippen molar-refractivity contribution in [3.63, 3.8) is 0 Å². The van der Waals surface area contributed by atoms with E-state index in [-0.39, 0.29) is 6.10 Å². The number of cyclic esters (lactones) is 1. The minimum atomic E-state index is -0.433. The second-order valence-electron chi connectivity index (χ2n) is 2.78. The van der Waals surface area contributed by atoms with Crippen LogP contribution in [0.1, 0.15) is 28.9 Å². The molecular weight excluding hydrogens is 159 g/mol. The zero-order chi connectivity index (χ0) is 8.72. The maximum absolute atomic E-state index is 12.7. The first-order valence-electron chi connectivity index (χ1n) is 3.69. The van der Waals surface area contributed by atoms with Crippen molar-refractivity contribution in [1.29, 1.82) is 0 Å². The van der Waals surface area contributed by atoms with Gasteiger partial charge in [0.25, 0.3) is 0 Å². The van der Waals surface area contributed by atoms with Crippen LogP contribution in [-0.2, 0) is 4.74 Å². The van der Waals surface area contributed by atoms with E-state index in [0.29, 0.717) is 5.56 Å². The van der Waals surface area contributed by atoms with Gasteiger partial charge in [-0.25, -0.2) is 9.18 Å². The Bertz CT molecular complexity index is 346. The van der Waals surface area contributed by atoms with Crippen molar-refractivity contribution >= 4 is 5.97 Å². The fourth-order valence-electron chi connectivity index (χ4n) is 1.35. The summed E-state index contributed by atoms with van der Waals surface area (Å²) in [5.74, 6) is -0.836. The third kappa shape index (κ3) is 0.897. The molecule has 1 aliphatic rings. The molecule has 0 saturated heterocycles. The van der Waals surface area contributed by atoms with E-state index in [1.807, 2.05) is 0 Å². The van der Waals surface area contributed by atoms with Crippen LogP contribution in [0.2, 0.25) is 0 Å². The second-order valence-corrected chi connectivity index (χ2v) is 2.78. The molecule has 1 unspecified atom stereocenters. The number of hydrogen-bond acceptors (Lipinski definition) is 2. The highest BCUT2D eigenvalue weighted by Crippen LogP contribution is 2.29. The van der Waals surface area contributed by atoms with Crippen molar-refractivity contribution in [2.45, 2.75) is 13.0 Å². The number of hydrogen-bond donors (Lipinski definition) is 0. The quantitative estimate of drug-likeness (QED) is 0.551. The first-order chi connectivity index (χ1) is 5.68. The van der Waals surface area contributed by atoms with E-state index in [9.17, 15) is 9.18 Å². The lowest BCUT2D eigenvalue weighted by Gasteiger charge is -2.00. The Labute approximate surface area is 69.0 Å². The molecule has 1 atom stereocenters. The minimum Gasteiger partial charge on any atom is -0.454 e. The number of ether oxygens (including phenoxy) is 1. The maximum Gasteiger partial charge on any atom is 0.339 e. The summed E-state index contributed by atoms with van der Waals surface area (Å²) in [6.07, 6.45) is -0.243. The molecule has 12 heavy (non-hydrogen) atoms. The fourth-order valence-corrected chi connectivity index (χ4v) is 1.35. The molecule has 0 fully saturated rings. The molecule has 0 saturated carbocycles. The topological polar surface area (TPSA) is 26.3 Å². The molecule has 62 valence electrons. The van der Waals surface area contributed by atoms with Crippen LogP contribution >= 0.6 is 0 Å². The van der Waals surface area contributed by atoms with Gasteiger partial charge in [-0.3, -0.25) is 0 Å². The molecule has 0 bridgehead atoms. The van der Waals surface area contributed by atoms with Crippen LogP contribution in [0, 0.1) is 5.82 Å². The van der Waals surface area contributed by atoms with Crippen molar-refractivity contribution in [2.75, 3.05) is 0 Å². The molecule has 1 aliphatic heterocycles. The summed E-state index contributed by atoms with van der Waals surface area (Å²) in [6.45, 7) is 1.77. The average Bonchev–Trinajstić information content (AvgIpc) is 2.28. The molecule has 2 nitrogen and oxygen atoms in total. The second kappa shape index (κ2) is 2.30. The Kier molecular flexibility index (Phi) is 1.40. The van der Waals surface area contributed by atoms with Crippen molar-refractivity contribution in [2.24, 2.45) is 0 Å². The highest BCUT2D eigenvalue weighted by molar-refractivity contribution is 5.93. The summed E-state index contributed by atoms with van der Waals surface area (Å²) >= 11 is 0. The zero-order valence-corrected chi connectivity index (χ0v) is 6.50. The molecule has 2 rings (SSSR count). The summed E-state index contributed by atoms with van der Waals surface area (Å²) in [7, 11) is 0. The SMILES string of the molecule is CC1OC(=O)c2cc(F)ccc21. The van der Waals surface area contributed by atoms with Gasteiger partial charge in [-0.1, -0.05) is 6.07 Å². The van der Waals surface area contributed by atoms with Gasteiger partial charge in [-0.05, 0) is 19.1 Å². The standard InChI is InChI=1S/C9H7FO2/c1-5-7-3-2-6(10)4-8(7)9(11)12-5/h2-5H,1H3. The van der Waals surface area contributed by atoms with Gasteiger partial charge in [-0.2, -0.15) is 0 Å². The van der Waals surface area contributed by atoms with Crippen LogP contribution in [0.15, 0.2) is 18.2 Å². The predicted molar refractivity (Wildman–Crippen MR) is 40.2 cm³/mol. The highest BCUT2D eigenvalue weighted by atomic mass is 19.1. The van der Waals surface area contributed by atoms with Crippen molar-refractivity contribution in [1.82, 2.24) is 0 Å². The lowest BCUT2D eigenvalue weighted by molar-refractivity contribution is 0.0421. The van der Waals surface area contributed by atoms with Gasteiger partial charge in [0, 0.05) is 5.56 Å². The molecule has 1 heterocycles. The van der Waals surface area contributed by atoms with E-state index in [2.05, 4.69) is 0 Å². The third-order valence-corrected chi connectivity index (χ3v) is 1.96. The first-order valence-corrected chi connectivity index (χ1v) is 3.69. The van der Waals surface area contributed by atoms with Crippen molar-refractivity contribution < 1.29 is 13.9 Å². The average molecular weight is 166 g/mol. The summed E-state index contributed by atoms with van der Waals surface area (Å²) in [5, 5.41) is 0. The number of carbonyl (C=O) groups is 1. The van der Waals surface area contributed by atoms with E-state index in [4.69, 9.17) is 4.74 Å². The summed E-state index contributed by atoms with van der Waals surface area (Å²) in [5.41, 5.74) is 1.11. The van der Waals surface area contributed by atoms with Gasteiger partial charge in [0.1, 0.15) is 11.9 Å². The Balaban J connectivity index is 2.60. The Morgan fingerprint density at radius 1 is 1.50 bits per heavy atom. The molecule has 3 heteroatoms. The van der Waals surface area contributed by atoms with Crippen LogP contribution in [0.3, 0.4) is 0 Å². The van der Waals surface area contributed by atoms with Gasteiger partial charge in [-0.15, -0.1) is 0 Å². The van der Waals surface area contributed by atoms with Crippen LogP contribution in [0.25, 0.3) is 0 Å². The predicted octanol–water partition coefficient (Wildman–Crippen LogP) is 2.06. The van der Waals surface area contributed by atoms with Crippen molar-refractivity contribution in [3.8, 4) is 0 Å². The number of halogens is 1. The van der Waals surface area contributed by atoms with Gasteiger partial charge in [0.05, 0.1) is 5.56 Å². The molecule has 0 radical (unpaired) electrons. The first kappa shape index (κ1) is 7.28. The number of rotatable bonds is 0. The monoisotopic (exact) mass is 166 g/mol. The minimum absolute atomic E-state index is 0.243. The van der Waals surface area contributed by atoms with Gasteiger partial charge >= 0.3 is 5.97 Å². The van der Waals surface area contributed by atoms with E-state index < -0.39 is 11.8 Å². The van der Waals surface area contributed by atoms with Crippen LogP contribution < -0.4 is 0 Å². The molecular formula is C9H7FO2. The Morgan fingerprint density at radius 2 is 2.25 bits per heavy atom. The summed E-state index contributed by atoms with van der Waals surface area (Å²) < 4.78 is 17.5. The van der Waals surface area contributed by atoms with E-state index in [1.54, 1.807) is 13.0 Å². The fraction of sp³-hybridized carbons (Fsp3) is 0.222. The molecule has 1 aromatic carbocycles. The summed E-state index contributed by atoms with van der Waals surface area (Å²) in [4.78, 5) is 11.0.